The van der Waals surface area contributed by atoms with Crippen molar-refractivity contribution in [1.29, 1.82) is 0 Å². The van der Waals surface area contributed by atoms with Crippen LogP contribution in [-0.4, -0.2) is 42.4 Å². The van der Waals surface area contributed by atoms with E-state index in [0.717, 1.165) is 12.8 Å². The molecule has 2 fully saturated rings. The minimum Gasteiger partial charge on any atom is -0.338 e. The van der Waals surface area contributed by atoms with E-state index < -0.39 is 6.03 Å². The van der Waals surface area contributed by atoms with E-state index in [9.17, 15) is 14.4 Å². The summed E-state index contributed by atoms with van der Waals surface area (Å²) in [6, 6.07) is 16.9. The van der Waals surface area contributed by atoms with Gasteiger partial charge in [-0.05, 0) is 30.5 Å². The Hall–Kier alpha value is -3.15. The molecule has 1 unspecified atom stereocenters. The maximum atomic E-state index is 13.3. The fourth-order valence-electron chi connectivity index (χ4n) is 4.01. The van der Waals surface area contributed by atoms with Gasteiger partial charge in [-0.1, -0.05) is 42.5 Å². The van der Waals surface area contributed by atoms with E-state index >= 15 is 0 Å². The van der Waals surface area contributed by atoms with Gasteiger partial charge >= 0.3 is 6.03 Å². The molecule has 2 aromatic rings. The van der Waals surface area contributed by atoms with Gasteiger partial charge in [-0.2, -0.15) is 0 Å². The maximum Gasteiger partial charge on any atom is 0.328 e. The van der Waals surface area contributed by atoms with Crippen LogP contribution < -0.4 is 10.2 Å². The normalized spacial score (nSPS) is 20.1. The van der Waals surface area contributed by atoms with Gasteiger partial charge < -0.3 is 4.90 Å². The molecule has 2 aliphatic rings. The van der Waals surface area contributed by atoms with Crippen LogP contribution in [0.25, 0.3) is 0 Å². The van der Waals surface area contributed by atoms with Crippen LogP contribution in [0.5, 0.6) is 0 Å². The third-order valence-corrected chi connectivity index (χ3v) is 5.46. The van der Waals surface area contributed by atoms with Crippen LogP contribution >= 0.6 is 0 Å². The summed E-state index contributed by atoms with van der Waals surface area (Å²) in [7, 11) is 0. The molecule has 1 N–H and O–H groups in total. The Balaban J connectivity index is 1.57. The maximum absolute atomic E-state index is 13.3. The molecule has 2 saturated heterocycles. The molecule has 0 aliphatic carbocycles. The van der Waals surface area contributed by atoms with Crippen LogP contribution in [0.1, 0.15) is 41.1 Å². The molecule has 28 heavy (non-hydrogen) atoms. The van der Waals surface area contributed by atoms with Crippen LogP contribution in [0.3, 0.4) is 0 Å². The number of imide groups is 1. The minimum atomic E-state index is -0.475. The van der Waals surface area contributed by atoms with Gasteiger partial charge in [-0.25, -0.2) is 4.79 Å². The largest absolute Gasteiger partial charge is 0.338 e. The van der Waals surface area contributed by atoms with Gasteiger partial charge in [0.25, 0.3) is 5.91 Å². The Kier molecular flexibility index (Phi) is 5.10. The number of piperidine rings is 1. The number of carbonyl (C=O) groups is 3. The van der Waals surface area contributed by atoms with Crippen LogP contribution in [0, 0.1) is 0 Å². The summed E-state index contributed by atoms with van der Waals surface area (Å²) >= 11 is 0. The lowest BCUT2D eigenvalue weighted by atomic mass is 9.90. The second-order valence-corrected chi connectivity index (χ2v) is 7.27. The zero-order chi connectivity index (χ0) is 19.5. The lowest BCUT2D eigenvalue weighted by molar-refractivity contribution is -0.120. The molecule has 1 atom stereocenters. The summed E-state index contributed by atoms with van der Waals surface area (Å²) < 4.78 is 0. The van der Waals surface area contributed by atoms with E-state index in [1.807, 2.05) is 29.2 Å². The molecule has 144 valence electrons. The molecule has 4 amide bonds. The highest BCUT2D eigenvalue weighted by molar-refractivity contribution is 6.09. The van der Waals surface area contributed by atoms with Crippen LogP contribution in [0.2, 0.25) is 0 Å². The molecule has 0 bridgehead atoms. The number of hydrogen-bond acceptors (Lipinski definition) is 3. The van der Waals surface area contributed by atoms with Crippen molar-refractivity contribution in [1.82, 2.24) is 10.2 Å². The average molecular weight is 377 g/mol. The Bertz CT molecular complexity index is 897. The van der Waals surface area contributed by atoms with Crippen molar-refractivity contribution in [2.75, 3.05) is 24.5 Å². The van der Waals surface area contributed by atoms with Crippen molar-refractivity contribution in [3.63, 3.8) is 0 Å². The Morgan fingerprint density at radius 2 is 1.71 bits per heavy atom. The molecule has 6 heteroatoms. The van der Waals surface area contributed by atoms with Gasteiger partial charge in [-0.3, -0.25) is 19.8 Å². The molecule has 4 rings (SSSR count). The number of hydrogen-bond donors (Lipinski definition) is 1. The fourth-order valence-corrected chi connectivity index (χ4v) is 4.01. The van der Waals surface area contributed by atoms with Crippen molar-refractivity contribution >= 4 is 23.5 Å². The van der Waals surface area contributed by atoms with Crippen molar-refractivity contribution in [2.24, 2.45) is 0 Å². The monoisotopic (exact) mass is 377 g/mol. The number of anilines is 1. The molecule has 2 aromatic carbocycles. The van der Waals surface area contributed by atoms with E-state index in [0.29, 0.717) is 30.3 Å². The number of nitrogens with one attached hydrogen (secondary N) is 1. The van der Waals surface area contributed by atoms with Gasteiger partial charge in [0.1, 0.15) is 0 Å². The summed E-state index contributed by atoms with van der Waals surface area (Å²) in [5, 5.41) is 2.33. The van der Waals surface area contributed by atoms with E-state index in [2.05, 4.69) is 17.4 Å². The second-order valence-electron chi connectivity index (χ2n) is 7.27. The van der Waals surface area contributed by atoms with Gasteiger partial charge in [0.2, 0.25) is 5.91 Å². The highest BCUT2D eigenvalue weighted by Crippen LogP contribution is 2.30. The first kappa shape index (κ1) is 18.2. The number of carbonyl (C=O) groups excluding carboxylic acids is 3. The number of urea groups is 1. The molecule has 0 aromatic heterocycles. The minimum absolute atomic E-state index is 0.0686. The van der Waals surface area contributed by atoms with Crippen molar-refractivity contribution in [3.05, 3.63) is 65.7 Å². The number of benzene rings is 2. The number of amides is 4. The zero-order valence-corrected chi connectivity index (χ0v) is 15.6. The highest BCUT2D eigenvalue weighted by Gasteiger charge is 2.30. The molecule has 6 nitrogen and oxygen atoms in total. The lowest BCUT2D eigenvalue weighted by Gasteiger charge is -2.34. The lowest BCUT2D eigenvalue weighted by Crippen LogP contribution is -2.50. The number of rotatable bonds is 3. The summed E-state index contributed by atoms with van der Waals surface area (Å²) in [5.74, 6) is -0.0327. The number of nitrogens with zero attached hydrogens (tertiary/aromatic N) is 2. The summed E-state index contributed by atoms with van der Waals surface area (Å²) in [4.78, 5) is 40.4. The SMILES string of the molecule is O=C1CCN(c2ccccc2C(=O)N2CCCC(c3ccccc3)C2)C(=O)N1. The molecule has 0 spiro atoms. The van der Waals surface area contributed by atoms with Crippen LogP contribution in [0.15, 0.2) is 54.6 Å². The molecule has 2 heterocycles. The molecule has 2 aliphatic heterocycles. The van der Waals surface area contributed by atoms with Crippen molar-refractivity contribution in [2.45, 2.75) is 25.2 Å². The van der Waals surface area contributed by atoms with Crippen molar-refractivity contribution in [3.8, 4) is 0 Å². The first-order valence-electron chi connectivity index (χ1n) is 9.68. The fraction of sp³-hybridized carbons (Fsp3) is 0.318. The van der Waals surface area contributed by atoms with Crippen molar-refractivity contribution < 1.29 is 14.4 Å². The first-order chi connectivity index (χ1) is 13.6. The Morgan fingerprint density at radius 1 is 0.964 bits per heavy atom. The standard InChI is InChI=1S/C22H23N3O3/c26-20-12-14-25(22(28)23-20)19-11-5-4-10-18(19)21(27)24-13-6-9-17(15-24)16-7-2-1-3-8-16/h1-5,7-8,10-11,17H,6,9,12-15H2,(H,23,26,28). The molecule has 0 saturated carbocycles. The smallest absolute Gasteiger partial charge is 0.328 e. The van der Waals surface area contributed by atoms with Gasteiger partial charge in [0.05, 0.1) is 11.3 Å². The van der Waals surface area contributed by atoms with Gasteiger partial charge in [0, 0.05) is 32.0 Å². The predicted octanol–water partition coefficient (Wildman–Crippen LogP) is 3.15. The number of para-hydroxylation sites is 1. The van der Waals surface area contributed by atoms with Gasteiger partial charge in [-0.15, -0.1) is 0 Å². The quantitative estimate of drug-likeness (QED) is 0.893. The Morgan fingerprint density at radius 3 is 2.50 bits per heavy atom. The summed E-state index contributed by atoms with van der Waals surface area (Å²) in [6.45, 7) is 1.66. The van der Waals surface area contributed by atoms with E-state index in [1.165, 1.54) is 10.5 Å². The molecular weight excluding hydrogens is 354 g/mol. The zero-order valence-electron chi connectivity index (χ0n) is 15.6. The average Bonchev–Trinajstić information content (AvgIpc) is 2.74. The van der Waals surface area contributed by atoms with E-state index in [4.69, 9.17) is 0 Å². The van der Waals surface area contributed by atoms with E-state index in [-0.39, 0.29) is 24.8 Å². The predicted molar refractivity (Wildman–Crippen MR) is 106 cm³/mol. The second kappa shape index (κ2) is 7.84. The number of likely N-dealkylation sites (tertiary alicyclic amines) is 1. The van der Waals surface area contributed by atoms with E-state index in [1.54, 1.807) is 18.2 Å². The Labute approximate surface area is 164 Å². The highest BCUT2D eigenvalue weighted by atomic mass is 16.2. The van der Waals surface area contributed by atoms with Gasteiger partial charge in [0.15, 0.2) is 0 Å². The third-order valence-electron chi connectivity index (χ3n) is 5.46. The molecule has 0 radical (unpaired) electrons. The molecular formula is C22H23N3O3. The topological polar surface area (TPSA) is 69.7 Å². The first-order valence-corrected chi connectivity index (χ1v) is 9.68. The third kappa shape index (κ3) is 3.63. The summed E-state index contributed by atoms with van der Waals surface area (Å²) in [5.41, 5.74) is 2.31. The van der Waals surface area contributed by atoms with Crippen LogP contribution in [-0.2, 0) is 4.79 Å². The summed E-state index contributed by atoms with van der Waals surface area (Å²) in [6.07, 6.45) is 2.24. The van der Waals surface area contributed by atoms with Crippen LogP contribution in [0.4, 0.5) is 10.5 Å².